The van der Waals surface area contributed by atoms with E-state index < -0.39 is 6.10 Å². The minimum atomic E-state index is -0.403. The molecule has 0 saturated carbocycles. The van der Waals surface area contributed by atoms with Gasteiger partial charge in [-0.3, -0.25) is 0 Å². The second-order valence-electron chi connectivity index (χ2n) is 3.03. The molecule has 0 fully saturated rings. The maximum atomic E-state index is 9.27. The molecule has 0 saturated heterocycles. The van der Waals surface area contributed by atoms with Gasteiger partial charge in [0.15, 0.2) is 0 Å². The maximum absolute atomic E-state index is 9.27. The summed E-state index contributed by atoms with van der Waals surface area (Å²) in [6, 6.07) is 0. The number of unbranched alkanes of at least 4 members (excludes halogenated alkanes) is 1. The van der Waals surface area contributed by atoms with Gasteiger partial charge in [0.2, 0.25) is 0 Å². The smallest absolute Gasteiger partial charge is 0.0865 e. The van der Waals surface area contributed by atoms with Gasteiger partial charge in [-0.25, -0.2) is 0 Å². The average Bonchev–Trinajstić information content (AvgIpc) is 2.03. The van der Waals surface area contributed by atoms with Crippen LogP contribution in [0.15, 0.2) is 12.7 Å². The Balaban J connectivity index is 3.55. The molecule has 2 nitrogen and oxygen atoms in total. The van der Waals surface area contributed by atoms with Crippen LogP contribution >= 0.6 is 0 Å². The molecule has 0 rings (SSSR count). The summed E-state index contributed by atoms with van der Waals surface area (Å²) in [5, 5.41) is 9.27. The van der Waals surface area contributed by atoms with Crippen LogP contribution in [0.5, 0.6) is 0 Å². The van der Waals surface area contributed by atoms with E-state index in [1.54, 1.807) is 13.0 Å². The van der Waals surface area contributed by atoms with E-state index in [2.05, 4.69) is 13.5 Å². The van der Waals surface area contributed by atoms with Crippen LogP contribution in [0.2, 0.25) is 0 Å². The van der Waals surface area contributed by atoms with E-state index in [0.717, 1.165) is 25.9 Å². The molecule has 0 aromatic heterocycles. The molecule has 0 aliphatic carbocycles. The Morgan fingerprint density at radius 3 is 2.67 bits per heavy atom. The minimum absolute atomic E-state index is 0.0750. The lowest BCUT2D eigenvalue weighted by atomic mass is 10.1. The minimum Gasteiger partial charge on any atom is -0.391 e. The highest BCUT2D eigenvalue weighted by molar-refractivity contribution is 4.76. The Kier molecular flexibility index (Phi) is 7.11. The van der Waals surface area contributed by atoms with E-state index in [1.165, 1.54) is 0 Å². The number of rotatable bonds is 7. The van der Waals surface area contributed by atoms with E-state index in [1.807, 2.05) is 0 Å². The molecule has 0 aromatic rings. The molecule has 0 aliphatic heterocycles. The Morgan fingerprint density at radius 1 is 1.58 bits per heavy atom. The van der Waals surface area contributed by atoms with Gasteiger partial charge in [-0.2, -0.15) is 0 Å². The van der Waals surface area contributed by atoms with Gasteiger partial charge in [-0.15, -0.1) is 6.58 Å². The molecule has 0 aromatic carbocycles. The van der Waals surface area contributed by atoms with Crippen molar-refractivity contribution < 1.29 is 9.84 Å². The second kappa shape index (κ2) is 7.32. The summed E-state index contributed by atoms with van der Waals surface area (Å²) in [6.07, 6.45) is 4.21. The second-order valence-corrected chi connectivity index (χ2v) is 3.03. The van der Waals surface area contributed by atoms with Crippen LogP contribution in [0.3, 0.4) is 0 Å². The van der Waals surface area contributed by atoms with Crippen molar-refractivity contribution >= 4 is 0 Å². The van der Waals surface area contributed by atoms with Gasteiger partial charge in [0.05, 0.1) is 12.2 Å². The van der Waals surface area contributed by atoms with Crippen molar-refractivity contribution in [2.75, 3.05) is 6.61 Å². The molecule has 0 bridgehead atoms. The van der Waals surface area contributed by atoms with Crippen LogP contribution in [0.25, 0.3) is 0 Å². The predicted molar refractivity (Wildman–Crippen MR) is 51.1 cm³/mol. The summed E-state index contributed by atoms with van der Waals surface area (Å²) in [4.78, 5) is 0. The molecule has 2 atom stereocenters. The van der Waals surface area contributed by atoms with Crippen molar-refractivity contribution in [1.82, 2.24) is 0 Å². The average molecular weight is 172 g/mol. The van der Waals surface area contributed by atoms with Gasteiger partial charge in [0.1, 0.15) is 0 Å². The predicted octanol–water partition coefficient (Wildman–Crippen LogP) is 2.13. The highest BCUT2D eigenvalue weighted by Gasteiger charge is 2.12. The van der Waals surface area contributed by atoms with Crippen molar-refractivity contribution in [3.8, 4) is 0 Å². The summed E-state index contributed by atoms with van der Waals surface area (Å²) in [5.41, 5.74) is 0. The summed E-state index contributed by atoms with van der Waals surface area (Å²) < 4.78 is 5.46. The summed E-state index contributed by atoms with van der Waals surface area (Å²) in [5.74, 6) is 0. The van der Waals surface area contributed by atoms with E-state index in [9.17, 15) is 5.11 Å². The summed E-state index contributed by atoms with van der Waals surface area (Å²) in [6.45, 7) is 8.23. The Bertz CT molecular complexity index is 110. The van der Waals surface area contributed by atoms with Crippen molar-refractivity contribution in [1.29, 1.82) is 0 Å². The van der Waals surface area contributed by atoms with Gasteiger partial charge in [-0.1, -0.05) is 19.4 Å². The molecular weight excluding hydrogens is 152 g/mol. The lowest BCUT2D eigenvalue weighted by Gasteiger charge is -2.18. The fourth-order valence-corrected chi connectivity index (χ4v) is 0.948. The van der Waals surface area contributed by atoms with E-state index in [0.29, 0.717) is 0 Å². The molecule has 0 spiro atoms. The molecule has 1 N–H and O–H groups in total. The first-order chi connectivity index (χ1) is 5.72. The number of aliphatic hydroxyl groups is 1. The van der Waals surface area contributed by atoms with Crippen LogP contribution in [0.1, 0.15) is 33.1 Å². The first kappa shape index (κ1) is 11.7. The standard InChI is InChI=1S/C10H20O2/c1-4-6-8-12-10(7-5-2)9(3)11/h5,9-11H,2,4,6-8H2,1,3H3/t9-,10+/m0/s1. The van der Waals surface area contributed by atoms with Gasteiger partial charge >= 0.3 is 0 Å². The molecule has 0 amide bonds. The summed E-state index contributed by atoms with van der Waals surface area (Å²) in [7, 11) is 0. The van der Waals surface area contributed by atoms with Crippen molar-refractivity contribution in [3.05, 3.63) is 12.7 Å². The fourth-order valence-electron chi connectivity index (χ4n) is 0.948. The van der Waals surface area contributed by atoms with Crippen molar-refractivity contribution in [2.24, 2.45) is 0 Å². The molecule has 0 aliphatic rings. The van der Waals surface area contributed by atoms with Crippen molar-refractivity contribution in [3.63, 3.8) is 0 Å². The normalized spacial score (nSPS) is 15.6. The molecule has 0 heterocycles. The van der Waals surface area contributed by atoms with E-state index in [4.69, 9.17) is 4.74 Å². The number of hydrogen-bond donors (Lipinski definition) is 1. The SMILES string of the molecule is C=CC[C@@H](OCCCC)[C@H](C)O. The quantitative estimate of drug-likeness (QED) is 0.471. The third kappa shape index (κ3) is 5.33. The van der Waals surface area contributed by atoms with Crippen molar-refractivity contribution in [2.45, 2.75) is 45.3 Å². The number of hydrogen-bond acceptors (Lipinski definition) is 2. The third-order valence-electron chi connectivity index (χ3n) is 1.77. The highest BCUT2D eigenvalue weighted by Crippen LogP contribution is 2.06. The zero-order chi connectivity index (χ0) is 9.40. The first-order valence-electron chi connectivity index (χ1n) is 4.63. The molecule has 2 heteroatoms. The van der Waals surface area contributed by atoms with Crippen LogP contribution in [-0.4, -0.2) is 23.9 Å². The lowest BCUT2D eigenvalue weighted by molar-refractivity contribution is -0.0280. The Labute approximate surface area is 75.2 Å². The third-order valence-corrected chi connectivity index (χ3v) is 1.77. The number of aliphatic hydroxyl groups excluding tert-OH is 1. The molecular formula is C10H20O2. The van der Waals surface area contributed by atoms with Gasteiger partial charge in [0, 0.05) is 6.61 Å². The van der Waals surface area contributed by atoms with Gasteiger partial charge in [-0.05, 0) is 19.8 Å². The Hall–Kier alpha value is -0.340. The fraction of sp³-hybridized carbons (Fsp3) is 0.800. The Morgan fingerprint density at radius 2 is 2.25 bits per heavy atom. The van der Waals surface area contributed by atoms with E-state index in [-0.39, 0.29) is 6.10 Å². The van der Waals surface area contributed by atoms with Gasteiger partial charge in [0.25, 0.3) is 0 Å². The largest absolute Gasteiger partial charge is 0.391 e. The van der Waals surface area contributed by atoms with Crippen LogP contribution < -0.4 is 0 Å². The summed E-state index contributed by atoms with van der Waals surface area (Å²) >= 11 is 0. The lowest BCUT2D eigenvalue weighted by Crippen LogP contribution is -2.26. The topological polar surface area (TPSA) is 29.5 Å². The van der Waals surface area contributed by atoms with Crippen LogP contribution in [-0.2, 0) is 4.74 Å². The zero-order valence-electron chi connectivity index (χ0n) is 8.12. The van der Waals surface area contributed by atoms with Crippen LogP contribution in [0, 0.1) is 0 Å². The highest BCUT2D eigenvalue weighted by atomic mass is 16.5. The first-order valence-corrected chi connectivity index (χ1v) is 4.63. The zero-order valence-corrected chi connectivity index (χ0v) is 8.12. The molecule has 0 radical (unpaired) electrons. The molecule has 12 heavy (non-hydrogen) atoms. The molecule has 0 unspecified atom stereocenters. The monoisotopic (exact) mass is 172 g/mol. The van der Waals surface area contributed by atoms with Gasteiger partial charge < -0.3 is 9.84 Å². The van der Waals surface area contributed by atoms with Crippen LogP contribution in [0.4, 0.5) is 0 Å². The maximum Gasteiger partial charge on any atom is 0.0865 e. The van der Waals surface area contributed by atoms with E-state index >= 15 is 0 Å². The number of ether oxygens (including phenoxy) is 1. The molecule has 72 valence electrons.